The second-order valence-electron chi connectivity index (χ2n) is 5.52. The third-order valence-corrected chi connectivity index (χ3v) is 3.74. The molecule has 1 aromatic rings. The molecule has 1 aliphatic rings. The van der Waals surface area contributed by atoms with Crippen molar-refractivity contribution in [1.29, 1.82) is 0 Å². The zero-order valence-electron chi connectivity index (χ0n) is 12.0. The monoisotopic (exact) mass is 263 g/mol. The van der Waals surface area contributed by atoms with Gasteiger partial charge in [0.15, 0.2) is 0 Å². The van der Waals surface area contributed by atoms with Crippen LogP contribution < -0.4 is 15.2 Å². The van der Waals surface area contributed by atoms with Gasteiger partial charge in [0.1, 0.15) is 17.2 Å². The lowest BCUT2D eigenvalue weighted by atomic mass is 9.89. The van der Waals surface area contributed by atoms with Crippen LogP contribution in [0.5, 0.6) is 11.5 Å². The zero-order chi connectivity index (χ0) is 13.7. The normalized spacial score (nSPS) is 23.1. The van der Waals surface area contributed by atoms with Gasteiger partial charge in [0.25, 0.3) is 0 Å². The van der Waals surface area contributed by atoms with Crippen molar-refractivity contribution < 1.29 is 9.47 Å². The molecule has 1 saturated carbocycles. The summed E-state index contributed by atoms with van der Waals surface area (Å²) in [6.45, 7) is 5.08. The highest BCUT2D eigenvalue weighted by Crippen LogP contribution is 2.34. The van der Waals surface area contributed by atoms with E-state index in [1.165, 1.54) is 12.8 Å². The maximum Gasteiger partial charge on any atom is 0.146 e. The highest BCUT2D eigenvalue weighted by molar-refractivity contribution is 5.62. The molecule has 0 amide bonds. The Labute approximate surface area is 116 Å². The number of para-hydroxylation sites is 1. The van der Waals surface area contributed by atoms with Crippen LogP contribution in [-0.2, 0) is 0 Å². The lowest BCUT2D eigenvalue weighted by Gasteiger charge is -2.27. The Morgan fingerprint density at radius 3 is 2.53 bits per heavy atom. The zero-order valence-corrected chi connectivity index (χ0v) is 12.0. The van der Waals surface area contributed by atoms with Crippen LogP contribution in [0, 0.1) is 5.92 Å². The van der Waals surface area contributed by atoms with E-state index in [0.717, 1.165) is 36.7 Å². The summed E-state index contributed by atoms with van der Waals surface area (Å²) in [5, 5.41) is 0. The summed E-state index contributed by atoms with van der Waals surface area (Å²) >= 11 is 0. The summed E-state index contributed by atoms with van der Waals surface area (Å²) in [5.74, 6) is 2.34. The van der Waals surface area contributed by atoms with Crippen LogP contribution in [0.15, 0.2) is 18.2 Å². The Bertz CT molecular complexity index is 398. The van der Waals surface area contributed by atoms with Crippen LogP contribution in [-0.4, -0.2) is 12.7 Å². The van der Waals surface area contributed by atoms with Crippen LogP contribution in [0.1, 0.15) is 46.0 Å². The molecule has 0 unspecified atom stereocenters. The van der Waals surface area contributed by atoms with Crippen molar-refractivity contribution >= 4 is 5.69 Å². The molecule has 0 atom stereocenters. The number of nitrogen functional groups attached to an aromatic ring is 1. The Balaban J connectivity index is 1.99. The third-order valence-electron chi connectivity index (χ3n) is 3.74. The average molecular weight is 263 g/mol. The lowest BCUT2D eigenvalue weighted by Crippen LogP contribution is -2.23. The number of rotatable bonds is 5. The van der Waals surface area contributed by atoms with Gasteiger partial charge in [-0.25, -0.2) is 0 Å². The van der Waals surface area contributed by atoms with Crippen LogP contribution in [0.3, 0.4) is 0 Å². The number of benzene rings is 1. The number of anilines is 1. The summed E-state index contributed by atoms with van der Waals surface area (Å²) in [5.41, 5.74) is 6.75. The van der Waals surface area contributed by atoms with Gasteiger partial charge < -0.3 is 15.2 Å². The first-order valence-electron chi connectivity index (χ1n) is 7.38. The van der Waals surface area contributed by atoms with Gasteiger partial charge in [-0.15, -0.1) is 0 Å². The first kappa shape index (κ1) is 14.0. The molecule has 2 N–H and O–H groups in total. The Morgan fingerprint density at radius 1 is 1.16 bits per heavy atom. The molecule has 0 spiro atoms. The van der Waals surface area contributed by atoms with Gasteiger partial charge in [-0.05, 0) is 50.2 Å². The molecular formula is C16H25NO2. The molecule has 3 heteroatoms. The predicted octanol–water partition coefficient (Wildman–Crippen LogP) is 4.02. The van der Waals surface area contributed by atoms with Crippen LogP contribution in [0.2, 0.25) is 0 Å². The first-order chi connectivity index (χ1) is 9.20. The smallest absolute Gasteiger partial charge is 0.146 e. The van der Waals surface area contributed by atoms with E-state index in [1.54, 1.807) is 0 Å². The molecule has 0 aliphatic heterocycles. The molecule has 0 heterocycles. The number of nitrogens with two attached hydrogens (primary N) is 1. The largest absolute Gasteiger partial charge is 0.491 e. The lowest BCUT2D eigenvalue weighted by molar-refractivity contribution is 0.136. The minimum absolute atomic E-state index is 0.305. The summed E-state index contributed by atoms with van der Waals surface area (Å²) < 4.78 is 11.7. The Kier molecular flexibility index (Phi) is 4.94. The van der Waals surface area contributed by atoms with Crippen molar-refractivity contribution in [2.75, 3.05) is 12.3 Å². The van der Waals surface area contributed by atoms with Crippen molar-refractivity contribution in [1.82, 2.24) is 0 Å². The van der Waals surface area contributed by atoms with E-state index in [0.29, 0.717) is 18.4 Å². The summed E-state index contributed by atoms with van der Waals surface area (Å²) in [7, 11) is 0. The molecule has 3 nitrogen and oxygen atoms in total. The van der Waals surface area contributed by atoms with Crippen molar-refractivity contribution in [2.24, 2.45) is 5.92 Å². The third kappa shape index (κ3) is 3.79. The van der Waals surface area contributed by atoms with E-state index >= 15 is 0 Å². The van der Waals surface area contributed by atoms with E-state index in [1.807, 2.05) is 18.2 Å². The molecular weight excluding hydrogens is 238 g/mol. The molecule has 106 valence electrons. The quantitative estimate of drug-likeness (QED) is 0.816. The number of hydrogen-bond acceptors (Lipinski definition) is 3. The molecule has 1 aromatic carbocycles. The van der Waals surface area contributed by atoms with Crippen molar-refractivity contribution in [3.8, 4) is 11.5 Å². The highest BCUT2D eigenvalue weighted by Gasteiger charge is 2.20. The molecule has 0 radical (unpaired) electrons. The maximum absolute atomic E-state index is 6.12. The first-order valence-corrected chi connectivity index (χ1v) is 7.38. The average Bonchev–Trinajstić information content (AvgIpc) is 2.42. The van der Waals surface area contributed by atoms with Gasteiger partial charge in [0.05, 0.1) is 12.7 Å². The number of ether oxygens (including phenoxy) is 2. The standard InChI is InChI=1S/C16H25NO2/c1-3-11-18-14-5-4-6-15(16(14)17)19-13-9-7-12(2)8-10-13/h4-6,12-13H,3,7-11,17H2,1-2H3. The molecule has 19 heavy (non-hydrogen) atoms. The highest BCUT2D eigenvalue weighted by atomic mass is 16.5. The van der Waals surface area contributed by atoms with Gasteiger partial charge in [-0.2, -0.15) is 0 Å². The van der Waals surface area contributed by atoms with E-state index in [2.05, 4.69) is 13.8 Å². The second-order valence-corrected chi connectivity index (χ2v) is 5.52. The van der Waals surface area contributed by atoms with E-state index < -0.39 is 0 Å². The van der Waals surface area contributed by atoms with Crippen molar-refractivity contribution in [3.05, 3.63) is 18.2 Å². The molecule has 2 rings (SSSR count). The Hall–Kier alpha value is -1.38. The van der Waals surface area contributed by atoms with E-state index in [4.69, 9.17) is 15.2 Å². The van der Waals surface area contributed by atoms with E-state index in [-0.39, 0.29) is 0 Å². The van der Waals surface area contributed by atoms with Crippen molar-refractivity contribution in [3.63, 3.8) is 0 Å². The molecule has 1 fully saturated rings. The predicted molar refractivity (Wildman–Crippen MR) is 78.7 cm³/mol. The SMILES string of the molecule is CCCOc1cccc(OC2CCC(C)CC2)c1N. The second kappa shape index (κ2) is 6.69. The fourth-order valence-corrected chi connectivity index (χ4v) is 2.49. The summed E-state index contributed by atoms with van der Waals surface area (Å²) in [6.07, 6.45) is 6.03. The van der Waals surface area contributed by atoms with Crippen LogP contribution in [0.4, 0.5) is 5.69 Å². The molecule has 0 bridgehead atoms. The summed E-state index contributed by atoms with van der Waals surface area (Å²) in [4.78, 5) is 0. The fourth-order valence-electron chi connectivity index (χ4n) is 2.49. The fraction of sp³-hybridized carbons (Fsp3) is 0.625. The van der Waals surface area contributed by atoms with Crippen LogP contribution >= 0.6 is 0 Å². The maximum atomic E-state index is 6.12. The van der Waals surface area contributed by atoms with Gasteiger partial charge in [-0.1, -0.05) is 19.9 Å². The van der Waals surface area contributed by atoms with Gasteiger partial charge in [-0.3, -0.25) is 0 Å². The summed E-state index contributed by atoms with van der Waals surface area (Å²) in [6, 6.07) is 5.79. The van der Waals surface area contributed by atoms with Crippen molar-refractivity contribution in [2.45, 2.75) is 52.1 Å². The van der Waals surface area contributed by atoms with Crippen LogP contribution in [0.25, 0.3) is 0 Å². The minimum atomic E-state index is 0.305. The van der Waals surface area contributed by atoms with E-state index in [9.17, 15) is 0 Å². The van der Waals surface area contributed by atoms with Gasteiger partial charge >= 0.3 is 0 Å². The topological polar surface area (TPSA) is 44.5 Å². The molecule has 0 aromatic heterocycles. The minimum Gasteiger partial charge on any atom is -0.491 e. The van der Waals surface area contributed by atoms with Gasteiger partial charge in [0.2, 0.25) is 0 Å². The number of hydrogen-bond donors (Lipinski definition) is 1. The molecule has 0 saturated heterocycles. The molecule has 1 aliphatic carbocycles. The van der Waals surface area contributed by atoms with Gasteiger partial charge in [0, 0.05) is 0 Å². The Morgan fingerprint density at radius 2 is 1.84 bits per heavy atom.